The van der Waals surface area contributed by atoms with Crippen LogP contribution in [-0.4, -0.2) is 50.8 Å². The van der Waals surface area contributed by atoms with Crippen LogP contribution in [0.2, 0.25) is 0 Å². The molecule has 1 aliphatic rings. The van der Waals surface area contributed by atoms with Crippen molar-refractivity contribution in [2.24, 2.45) is 0 Å². The van der Waals surface area contributed by atoms with Crippen molar-refractivity contribution in [1.29, 1.82) is 0 Å². The van der Waals surface area contributed by atoms with Crippen molar-refractivity contribution in [3.8, 4) is 5.75 Å². The third-order valence-corrected chi connectivity index (χ3v) is 4.09. The number of rotatable bonds is 5. The molecule has 1 aromatic rings. The number of ether oxygens (including phenoxy) is 2. The van der Waals surface area contributed by atoms with Gasteiger partial charge in [0, 0.05) is 20.7 Å². The normalized spacial score (nSPS) is 17.3. The number of nitrogens with one attached hydrogen (secondary N) is 1. The molecule has 2 rings (SSSR count). The molecule has 21 heavy (non-hydrogen) atoms. The third-order valence-electron chi connectivity index (χ3n) is 4.09. The first-order valence-corrected chi connectivity index (χ1v) is 7.26. The number of hydrogen-bond acceptors (Lipinski definition) is 4. The molecule has 0 saturated carbocycles. The summed E-state index contributed by atoms with van der Waals surface area (Å²) in [6.45, 7) is 2.17. The van der Waals surface area contributed by atoms with Crippen LogP contribution in [0.25, 0.3) is 0 Å². The molecule has 1 amide bonds. The highest BCUT2D eigenvalue weighted by Gasteiger charge is 2.41. The molecule has 1 aromatic carbocycles. The van der Waals surface area contributed by atoms with Crippen LogP contribution in [-0.2, 0) is 16.1 Å². The number of carbonyl (C=O) groups is 1. The Bertz CT molecular complexity index is 484. The number of methoxy groups -OCH3 is 2. The summed E-state index contributed by atoms with van der Waals surface area (Å²) in [5.74, 6) is 0.853. The molecule has 0 spiro atoms. The Kier molecular flexibility index (Phi) is 5.20. The summed E-state index contributed by atoms with van der Waals surface area (Å²) in [7, 11) is 5.09. The van der Waals surface area contributed by atoms with Crippen molar-refractivity contribution in [2.45, 2.75) is 25.0 Å². The molecule has 0 aliphatic carbocycles. The van der Waals surface area contributed by atoms with E-state index in [0.29, 0.717) is 19.4 Å². The molecule has 116 valence electrons. The van der Waals surface area contributed by atoms with Crippen molar-refractivity contribution in [2.75, 3.05) is 34.4 Å². The number of piperidine rings is 1. The van der Waals surface area contributed by atoms with E-state index in [9.17, 15) is 4.79 Å². The first-order valence-electron chi connectivity index (χ1n) is 7.26. The topological polar surface area (TPSA) is 50.8 Å². The Morgan fingerprint density at radius 3 is 2.67 bits per heavy atom. The highest BCUT2D eigenvalue weighted by atomic mass is 16.5. The van der Waals surface area contributed by atoms with E-state index in [1.54, 1.807) is 19.1 Å². The molecule has 0 bridgehead atoms. The van der Waals surface area contributed by atoms with Crippen LogP contribution < -0.4 is 10.1 Å². The van der Waals surface area contributed by atoms with E-state index in [-0.39, 0.29) is 5.91 Å². The van der Waals surface area contributed by atoms with Crippen LogP contribution in [0, 0.1) is 0 Å². The van der Waals surface area contributed by atoms with Gasteiger partial charge in [-0.3, -0.25) is 4.79 Å². The smallest absolute Gasteiger partial charge is 0.254 e. The number of likely N-dealkylation sites (N-methyl/N-ethyl adjacent to an activating group) is 1. The molecule has 0 radical (unpaired) electrons. The fraction of sp³-hybridized carbons (Fsp3) is 0.562. The summed E-state index contributed by atoms with van der Waals surface area (Å²) in [6, 6.07) is 7.78. The van der Waals surface area contributed by atoms with Crippen LogP contribution >= 0.6 is 0 Å². The highest BCUT2D eigenvalue weighted by Crippen LogP contribution is 2.25. The molecular weight excluding hydrogens is 268 g/mol. The van der Waals surface area contributed by atoms with Crippen LogP contribution in [0.3, 0.4) is 0 Å². The van der Waals surface area contributed by atoms with Crippen LogP contribution in [0.15, 0.2) is 24.3 Å². The van der Waals surface area contributed by atoms with Crippen LogP contribution in [0.4, 0.5) is 0 Å². The SMILES string of the molecule is COc1cccc(CN(C)C(=O)C2(OC)CCNCC2)c1. The van der Waals surface area contributed by atoms with Gasteiger partial charge in [-0.15, -0.1) is 0 Å². The second kappa shape index (κ2) is 6.91. The molecule has 0 atom stereocenters. The van der Waals surface area contributed by atoms with Gasteiger partial charge < -0.3 is 19.7 Å². The van der Waals surface area contributed by atoms with E-state index in [0.717, 1.165) is 24.4 Å². The maximum absolute atomic E-state index is 12.8. The summed E-state index contributed by atoms with van der Waals surface area (Å²) in [5, 5.41) is 3.27. The second-order valence-electron chi connectivity index (χ2n) is 5.46. The van der Waals surface area contributed by atoms with Crippen LogP contribution in [0.5, 0.6) is 5.75 Å². The third kappa shape index (κ3) is 3.54. The molecule has 5 heteroatoms. The monoisotopic (exact) mass is 292 g/mol. The number of amides is 1. The molecule has 1 saturated heterocycles. The summed E-state index contributed by atoms with van der Waals surface area (Å²) >= 11 is 0. The highest BCUT2D eigenvalue weighted by molar-refractivity contribution is 5.85. The van der Waals surface area contributed by atoms with Gasteiger partial charge in [-0.1, -0.05) is 12.1 Å². The van der Waals surface area contributed by atoms with E-state index in [1.165, 1.54) is 0 Å². The molecule has 0 unspecified atom stereocenters. The van der Waals surface area contributed by atoms with E-state index < -0.39 is 5.60 Å². The number of nitrogens with zero attached hydrogens (tertiary/aromatic N) is 1. The number of hydrogen-bond donors (Lipinski definition) is 1. The quantitative estimate of drug-likeness (QED) is 0.892. The van der Waals surface area contributed by atoms with E-state index in [4.69, 9.17) is 9.47 Å². The number of carbonyl (C=O) groups excluding carboxylic acids is 1. The lowest BCUT2D eigenvalue weighted by Crippen LogP contribution is -2.54. The fourth-order valence-corrected chi connectivity index (χ4v) is 2.80. The summed E-state index contributed by atoms with van der Waals surface area (Å²) in [6.07, 6.45) is 1.43. The van der Waals surface area contributed by atoms with Crippen molar-refractivity contribution in [1.82, 2.24) is 10.2 Å². The van der Waals surface area contributed by atoms with E-state index >= 15 is 0 Å². The van der Waals surface area contributed by atoms with Gasteiger partial charge in [0.25, 0.3) is 5.91 Å². The van der Waals surface area contributed by atoms with Crippen molar-refractivity contribution in [3.63, 3.8) is 0 Å². The second-order valence-corrected chi connectivity index (χ2v) is 5.46. The largest absolute Gasteiger partial charge is 0.497 e. The van der Waals surface area contributed by atoms with Gasteiger partial charge in [-0.05, 0) is 43.6 Å². The predicted molar refractivity (Wildman–Crippen MR) is 81.3 cm³/mol. The average Bonchev–Trinajstić information content (AvgIpc) is 2.54. The lowest BCUT2D eigenvalue weighted by atomic mass is 9.90. The van der Waals surface area contributed by atoms with Crippen LogP contribution in [0.1, 0.15) is 18.4 Å². The first-order chi connectivity index (χ1) is 10.1. The molecular formula is C16H24N2O3. The lowest BCUT2D eigenvalue weighted by Gasteiger charge is -2.37. The van der Waals surface area contributed by atoms with Gasteiger partial charge in [-0.2, -0.15) is 0 Å². The van der Waals surface area contributed by atoms with Gasteiger partial charge in [0.2, 0.25) is 0 Å². The van der Waals surface area contributed by atoms with Crippen molar-refractivity contribution >= 4 is 5.91 Å². The molecule has 1 heterocycles. The van der Waals surface area contributed by atoms with Gasteiger partial charge >= 0.3 is 0 Å². The fourth-order valence-electron chi connectivity index (χ4n) is 2.80. The van der Waals surface area contributed by atoms with Crippen molar-refractivity contribution < 1.29 is 14.3 Å². The Morgan fingerprint density at radius 2 is 2.05 bits per heavy atom. The maximum atomic E-state index is 12.8. The molecule has 1 aliphatic heterocycles. The predicted octanol–water partition coefficient (Wildman–Crippen LogP) is 1.42. The first kappa shape index (κ1) is 15.8. The van der Waals surface area contributed by atoms with Gasteiger partial charge in [-0.25, -0.2) is 0 Å². The van der Waals surface area contributed by atoms with Gasteiger partial charge in [0.1, 0.15) is 11.4 Å². The van der Waals surface area contributed by atoms with Crippen molar-refractivity contribution in [3.05, 3.63) is 29.8 Å². The average molecular weight is 292 g/mol. The molecule has 5 nitrogen and oxygen atoms in total. The van der Waals surface area contributed by atoms with Gasteiger partial charge in [0.15, 0.2) is 0 Å². The Balaban J connectivity index is 2.07. The summed E-state index contributed by atoms with van der Waals surface area (Å²) < 4.78 is 10.8. The Morgan fingerprint density at radius 1 is 1.33 bits per heavy atom. The minimum absolute atomic E-state index is 0.0503. The molecule has 1 fully saturated rings. The van der Waals surface area contributed by atoms with Gasteiger partial charge in [0.05, 0.1) is 7.11 Å². The zero-order valence-electron chi connectivity index (χ0n) is 13.0. The minimum atomic E-state index is -0.682. The maximum Gasteiger partial charge on any atom is 0.254 e. The van der Waals surface area contributed by atoms with E-state index in [1.807, 2.05) is 31.3 Å². The standard InChI is InChI=1S/C16H24N2O3/c1-18(12-13-5-4-6-14(11-13)20-2)15(19)16(21-3)7-9-17-10-8-16/h4-6,11,17H,7-10,12H2,1-3H3. The summed E-state index contributed by atoms with van der Waals surface area (Å²) in [5.41, 5.74) is 0.365. The van der Waals surface area contributed by atoms with E-state index in [2.05, 4.69) is 5.32 Å². The lowest BCUT2D eigenvalue weighted by molar-refractivity contribution is -0.157. The molecule has 0 aromatic heterocycles. The summed E-state index contributed by atoms with van der Waals surface area (Å²) in [4.78, 5) is 14.5. The Hall–Kier alpha value is -1.59. The minimum Gasteiger partial charge on any atom is -0.497 e. The Labute approximate surface area is 126 Å². The molecule has 1 N–H and O–H groups in total. The zero-order chi connectivity index (χ0) is 15.3. The number of benzene rings is 1. The zero-order valence-corrected chi connectivity index (χ0v) is 13.0.